The molecule has 0 fully saturated rings. The minimum absolute atomic E-state index is 0.000576. The molecule has 0 spiro atoms. The minimum Gasteiger partial charge on any atom is -0.366 e. The van der Waals surface area contributed by atoms with Gasteiger partial charge in [0.1, 0.15) is 5.82 Å². The van der Waals surface area contributed by atoms with Crippen molar-refractivity contribution in [2.24, 2.45) is 0 Å². The molecular formula is C12H12ClF3N2. The minimum atomic E-state index is -4.41. The quantitative estimate of drug-likeness (QED) is 0.816. The van der Waals surface area contributed by atoms with Crippen molar-refractivity contribution in [2.75, 3.05) is 5.32 Å². The maximum Gasteiger partial charge on any atom is 0.417 e. The molecule has 1 heterocycles. The SMILES string of the molecule is FC(F)(F)c1cnc(NC2CC=CCC2)c(Cl)c1. The van der Waals surface area contributed by atoms with E-state index in [-0.39, 0.29) is 11.1 Å². The van der Waals surface area contributed by atoms with Crippen LogP contribution in [0.3, 0.4) is 0 Å². The predicted molar refractivity (Wildman–Crippen MR) is 64.7 cm³/mol. The number of alkyl halides is 3. The van der Waals surface area contributed by atoms with Crippen LogP contribution in [0.4, 0.5) is 19.0 Å². The third-order valence-corrected chi connectivity index (χ3v) is 3.07. The summed E-state index contributed by atoms with van der Waals surface area (Å²) in [6, 6.07) is 1.08. The van der Waals surface area contributed by atoms with Gasteiger partial charge in [-0.3, -0.25) is 0 Å². The second kappa shape index (κ2) is 5.18. The average molecular weight is 277 g/mol. The highest BCUT2D eigenvalue weighted by molar-refractivity contribution is 6.33. The highest BCUT2D eigenvalue weighted by atomic mass is 35.5. The second-order valence-corrected chi connectivity index (χ2v) is 4.59. The van der Waals surface area contributed by atoms with Crippen molar-refractivity contribution >= 4 is 17.4 Å². The average Bonchev–Trinajstić information content (AvgIpc) is 2.32. The molecule has 98 valence electrons. The molecule has 0 aromatic carbocycles. The van der Waals surface area contributed by atoms with Crippen LogP contribution < -0.4 is 5.32 Å². The normalized spacial score (nSPS) is 19.9. The van der Waals surface area contributed by atoms with Gasteiger partial charge in [-0.25, -0.2) is 4.98 Å². The Hall–Kier alpha value is -1.23. The van der Waals surface area contributed by atoms with Gasteiger partial charge in [-0.05, 0) is 25.3 Å². The first-order chi connectivity index (χ1) is 8.47. The van der Waals surface area contributed by atoms with Crippen LogP contribution in [0.1, 0.15) is 24.8 Å². The van der Waals surface area contributed by atoms with Crippen LogP contribution in [0, 0.1) is 0 Å². The molecule has 2 nitrogen and oxygen atoms in total. The number of pyridine rings is 1. The van der Waals surface area contributed by atoms with Gasteiger partial charge in [0, 0.05) is 12.2 Å². The van der Waals surface area contributed by atoms with Gasteiger partial charge in [-0.1, -0.05) is 23.8 Å². The van der Waals surface area contributed by atoms with Crippen molar-refractivity contribution in [3.8, 4) is 0 Å². The van der Waals surface area contributed by atoms with Gasteiger partial charge in [-0.2, -0.15) is 13.2 Å². The molecule has 0 bridgehead atoms. The fourth-order valence-electron chi connectivity index (χ4n) is 1.82. The first-order valence-corrected chi connectivity index (χ1v) is 5.99. The Bertz CT molecular complexity index is 457. The second-order valence-electron chi connectivity index (χ2n) is 4.18. The summed E-state index contributed by atoms with van der Waals surface area (Å²) in [5.74, 6) is 0.310. The van der Waals surface area contributed by atoms with Crippen molar-refractivity contribution in [2.45, 2.75) is 31.5 Å². The molecule has 2 rings (SSSR count). The number of anilines is 1. The molecule has 1 aliphatic rings. The number of nitrogens with zero attached hydrogens (tertiary/aromatic N) is 1. The summed E-state index contributed by atoms with van der Waals surface area (Å²) in [5, 5.41) is 3.07. The van der Waals surface area contributed by atoms with Crippen LogP contribution in [0.2, 0.25) is 5.02 Å². The van der Waals surface area contributed by atoms with E-state index < -0.39 is 11.7 Å². The van der Waals surface area contributed by atoms with E-state index >= 15 is 0 Å². The van der Waals surface area contributed by atoms with Crippen molar-refractivity contribution in [3.05, 3.63) is 35.0 Å². The van der Waals surface area contributed by atoms with Gasteiger partial charge >= 0.3 is 6.18 Å². The number of hydrogen-bond acceptors (Lipinski definition) is 2. The van der Waals surface area contributed by atoms with Crippen LogP contribution in [0.5, 0.6) is 0 Å². The summed E-state index contributed by atoms with van der Waals surface area (Å²) in [6.45, 7) is 0. The van der Waals surface area contributed by atoms with Crippen LogP contribution in [0.25, 0.3) is 0 Å². The monoisotopic (exact) mass is 276 g/mol. The zero-order chi connectivity index (χ0) is 13.2. The summed E-state index contributed by atoms with van der Waals surface area (Å²) < 4.78 is 37.3. The Labute approximate surface area is 108 Å². The maximum atomic E-state index is 12.4. The smallest absolute Gasteiger partial charge is 0.366 e. The van der Waals surface area contributed by atoms with Gasteiger partial charge in [-0.15, -0.1) is 0 Å². The number of nitrogens with one attached hydrogen (secondary N) is 1. The maximum absolute atomic E-state index is 12.4. The zero-order valence-corrected chi connectivity index (χ0v) is 10.2. The van der Waals surface area contributed by atoms with Crippen LogP contribution >= 0.6 is 11.6 Å². The molecule has 1 aromatic rings. The van der Waals surface area contributed by atoms with Crippen LogP contribution in [0.15, 0.2) is 24.4 Å². The number of rotatable bonds is 2. The van der Waals surface area contributed by atoms with E-state index in [9.17, 15) is 13.2 Å². The van der Waals surface area contributed by atoms with E-state index in [4.69, 9.17) is 11.6 Å². The lowest BCUT2D eigenvalue weighted by atomic mass is 10.0. The van der Waals surface area contributed by atoms with Crippen molar-refractivity contribution in [1.29, 1.82) is 0 Å². The summed E-state index contributed by atoms with van der Waals surface area (Å²) >= 11 is 5.81. The largest absolute Gasteiger partial charge is 0.417 e. The molecule has 0 amide bonds. The summed E-state index contributed by atoms with van der Waals surface area (Å²) in [7, 11) is 0. The van der Waals surface area contributed by atoms with Gasteiger partial charge in [0.15, 0.2) is 0 Å². The van der Waals surface area contributed by atoms with Gasteiger partial charge in [0.05, 0.1) is 10.6 Å². The predicted octanol–water partition coefficient (Wildman–Crippen LogP) is 4.27. The number of aromatic nitrogens is 1. The number of halogens is 4. The molecule has 1 unspecified atom stereocenters. The van der Waals surface area contributed by atoms with E-state index in [1.165, 1.54) is 0 Å². The molecule has 0 radical (unpaired) electrons. The zero-order valence-electron chi connectivity index (χ0n) is 9.47. The first kappa shape index (κ1) is 13.2. The Balaban J connectivity index is 2.12. The molecule has 1 aromatic heterocycles. The standard InChI is InChI=1S/C12H12ClF3N2/c13-10-6-8(12(14,15)16)7-17-11(10)18-9-4-2-1-3-5-9/h1-2,6-7,9H,3-5H2,(H,17,18). The molecule has 1 aliphatic carbocycles. The van der Waals surface area contributed by atoms with Crippen molar-refractivity contribution < 1.29 is 13.2 Å². The fourth-order valence-corrected chi connectivity index (χ4v) is 2.04. The van der Waals surface area contributed by atoms with Crippen LogP contribution in [-0.2, 0) is 6.18 Å². The van der Waals surface area contributed by atoms with Crippen molar-refractivity contribution in [1.82, 2.24) is 4.98 Å². The van der Waals surface area contributed by atoms with Crippen LogP contribution in [-0.4, -0.2) is 11.0 Å². The van der Waals surface area contributed by atoms with E-state index in [2.05, 4.69) is 16.4 Å². The Morgan fingerprint density at radius 3 is 2.67 bits per heavy atom. The Kier molecular flexibility index (Phi) is 3.80. The van der Waals surface area contributed by atoms with E-state index in [1.54, 1.807) is 0 Å². The van der Waals surface area contributed by atoms with E-state index in [0.717, 1.165) is 31.5 Å². The molecule has 1 N–H and O–H groups in total. The van der Waals surface area contributed by atoms with Gasteiger partial charge < -0.3 is 5.32 Å². The Morgan fingerprint density at radius 2 is 2.11 bits per heavy atom. The van der Waals surface area contributed by atoms with Gasteiger partial charge in [0.25, 0.3) is 0 Å². The lowest BCUT2D eigenvalue weighted by Gasteiger charge is -2.20. The number of allylic oxidation sites excluding steroid dienone is 1. The summed E-state index contributed by atoms with van der Waals surface area (Å²) in [4.78, 5) is 3.75. The number of hydrogen-bond donors (Lipinski definition) is 1. The molecule has 0 saturated heterocycles. The lowest BCUT2D eigenvalue weighted by molar-refractivity contribution is -0.137. The van der Waals surface area contributed by atoms with Gasteiger partial charge in [0.2, 0.25) is 0 Å². The molecule has 0 aliphatic heterocycles. The molecule has 1 atom stereocenters. The van der Waals surface area contributed by atoms with Crippen molar-refractivity contribution in [3.63, 3.8) is 0 Å². The first-order valence-electron chi connectivity index (χ1n) is 5.61. The molecule has 0 saturated carbocycles. The third kappa shape index (κ3) is 3.16. The van der Waals surface area contributed by atoms with E-state index in [0.29, 0.717) is 5.82 Å². The molecule has 6 heteroatoms. The van der Waals surface area contributed by atoms with E-state index in [1.807, 2.05) is 6.08 Å². The third-order valence-electron chi connectivity index (χ3n) is 2.78. The summed E-state index contributed by atoms with van der Waals surface area (Å²) in [6.07, 6.45) is 3.22. The Morgan fingerprint density at radius 1 is 1.33 bits per heavy atom. The molecular weight excluding hydrogens is 265 g/mol. The fraction of sp³-hybridized carbons (Fsp3) is 0.417. The highest BCUT2D eigenvalue weighted by Crippen LogP contribution is 2.32. The molecule has 18 heavy (non-hydrogen) atoms. The topological polar surface area (TPSA) is 24.9 Å². The highest BCUT2D eigenvalue weighted by Gasteiger charge is 2.31. The lowest BCUT2D eigenvalue weighted by Crippen LogP contribution is -2.21. The summed E-state index contributed by atoms with van der Waals surface area (Å²) in [5.41, 5.74) is -0.832.